The van der Waals surface area contributed by atoms with Gasteiger partial charge in [0.05, 0.1) is 13.4 Å². The highest BCUT2D eigenvalue weighted by Crippen LogP contribution is 2.42. The van der Waals surface area contributed by atoms with Gasteiger partial charge in [0.15, 0.2) is 0 Å². The molecule has 1 atom stereocenters. The highest BCUT2D eigenvalue weighted by Gasteiger charge is 2.27. The van der Waals surface area contributed by atoms with E-state index in [1.807, 2.05) is 54.7 Å². The number of rotatable bonds is 9. The van der Waals surface area contributed by atoms with E-state index in [0.29, 0.717) is 0 Å². The lowest BCUT2D eigenvalue weighted by Crippen LogP contribution is -2.27. The maximum absolute atomic E-state index is 5.99. The van der Waals surface area contributed by atoms with Gasteiger partial charge in [0.2, 0.25) is 0 Å². The van der Waals surface area contributed by atoms with Gasteiger partial charge in [-0.15, -0.1) is 11.8 Å². The first-order valence-corrected chi connectivity index (χ1v) is 10.3. The van der Waals surface area contributed by atoms with Crippen molar-refractivity contribution in [2.75, 3.05) is 7.11 Å². The summed E-state index contributed by atoms with van der Waals surface area (Å²) >= 11 is 7.88. The van der Waals surface area contributed by atoms with Crippen molar-refractivity contribution in [1.82, 2.24) is 9.55 Å². The fourth-order valence-corrected chi connectivity index (χ4v) is 4.73. The zero-order valence-corrected chi connectivity index (χ0v) is 17.3. The first kappa shape index (κ1) is 19.8. The zero-order chi connectivity index (χ0) is 19.1. The van der Waals surface area contributed by atoms with Crippen LogP contribution in [0.5, 0.6) is 5.75 Å². The average Bonchev–Trinajstić information content (AvgIpc) is 3.16. The number of aromatic nitrogens is 2. The minimum absolute atomic E-state index is 0.0295. The predicted octanol–water partition coefficient (Wildman–Crippen LogP) is 6.12. The second-order valence-corrected chi connectivity index (χ2v) is 8.98. The fourth-order valence-electron chi connectivity index (χ4n) is 3.21. The van der Waals surface area contributed by atoms with Gasteiger partial charge >= 0.3 is 0 Å². The molecule has 0 aliphatic carbocycles. The third kappa shape index (κ3) is 5.78. The van der Waals surface area contributed by atoms with Crippen LogP contribution in [-0.2, 0) is 13.0 Å². The maximum Gasteiger partial charge on any atom is 0.132 e. The van der Waals surface area contributed by atoms with Crippen molar-refractivity contribution in [1.29, 1.82) is 0 Å². The minimum atomic E-state index is 0.0295. The Hall–Kier alpha value is -1.91. The largest absolute Gasteiger partial charge is 0.496 e. The van der Waals surface area contributed by atoms with E-state index in [9.17, 15) is 0 Å². The summed E-state index contributed by atoms with van der Waals surface area (Å²) in [5.41, 5.74) is 1.33. The number of aryl methyl sites for hydroxylation is 1. The number of halogens is 1. The Morgan fingerprint density at radius 1 is 1.15 bits per heavy atom. The third-order valence-electron chi connectivity index (χ3n) is 4.59. The molecule has 0 fully saturated rings. The summed E-state index contributed by atoms with van der Waals surface area (Å²) in [4.78, 5) is 5.37. The van der Waals surface area contributed by atoms with Crippen LogP contribution in [0.3, 0.4) is 0 Å². The summed E-state index contributed by atoms with van der Waals surface area (Å²) in [6.45, 7) is 3.22. The monoisotopic (exact) mass is 400 g/mol. The topological polar surface area (TPSA) is 27.1 Å². The van der Waals surface area contributed by atoms with Gasteiger partial charge in [-0.3, -0.25) is 0 Å². The molecule has 3 nitrogen and oxygen atoms in total. The van der Waals surface area contributed by atoms with Crippen LogP contribution in [0.4, 0.5) is 0 Å². The smallest absolute Gasteiger partial charge is 0.132 e. The lowest BCUT2D eigenvalue weighted by atomic mass is 10.00. The molecule has 3 rings (SSSR count). The van der Waals surface area contributed by atoms with Crippen LogP contribution < -0.4 is 4.74 Å². The van der Waals surface area contributed by atoms with Crippen molar-refractivity contribution >= 4 is 23.4 Å². The quantitative estimate of drug-likeness (QED) is 0.405. The molecule has 0 aliphatic rings. The van der Waals surface area contributed by atoms with Crippen molar-refractivity contribution < 1.29 is 4.74 Å². The SMILES string of the molecule is COc1ccccc1SC(C)(CCCc1ccc(Cl)cc1)Cn1ccnc1. The van der Waals surface area contributed by atoms with E-state index < -0.39 is 0 Å². The lowest BCUT2D eigenvalue weighted by molar-refractivity contribution is 0.403. The molecule has 1 aromatic heterocycles. The Bertz CT molecular complexity index is 836. The summed E-state index contributed by atoms with van der Waals surface area (Å²) < 4.78 is 7.75. The fraction of sp³-hybridized carbons (Fsp3) is 0.318. The average molecular weight is 401 g/mol. The van der Waals surface area contributed by atoms with Gasteiger partial charge in [-0.25, -0.2) is 4.98 Å². The molecule has 0 bridgehead atoms. The molecule has 2 aromatic carbocycles. The molecule has 142 valence electrons. The number of para-hydroxylation sites is 1. The van der Waals surface area contributed by atoms with Crippen LogP contribution in [0.25, 0.3) is 0 Å². The molecule has 0 saturated carbocycles. The van der Waals surface area contributed by atoms with E-state index in [1.165, 1.54) is 10.5 Å². The van der Waals surface area contributed by atoms with Crippen molar-refractivity contribution in [3.05, 3.63) is 77.8 Å². The summed E-state index contributed by atoms with van der Waals surface area (Å²) in [5.74, 6) is 0.928. The normalized spacial score (nSPS) is 13.3. The molecule has 1 unspecified atom stereocenters. The summed E-state index contributed by atoms with van der Waals surface area (Å²) in [7, 11) is 1.73. The molecule has 0 amide bonds. The van der Waals surface area contributed by atoms with E-state index in [4.69, 9.17) is 16.3 Å². The van der Waals surface area contributed by atoms with Gasteiger partial charge in [-0.2, -0.15) is 0 Å². The number of hydrogen-bond donors (Lipinski definition) is 0. The van der Waals surface area contributed by atoms with Crippen molar-refractivity contribution in [2.45, 2.75) is 42.4 Å². The Balaban J connectivity index is 1.72. The molecule has 0 spiro atoms. The third-order valence-corrected chi connectivity index (χ3v) is 6.22. The van der Waals surface area contributed by atoms with Crippen LogP contribution >= 0.6 is 23.4 Å². The Kier molecular flexibility index (Phi) is 6.86. The van der Waals surface area contributed by atoms with Crippen LogP contribution in [-0.4, -0.2) is 21.4 Å². The van der Waals surface area contributed by atoms with Crippen LogP contribution in [0.15, 0.2) is 72.1 Å². The highest BCUT2D eigenvalue weighted by molar-refractivity contribution is 8.00. The van der Waals surface area contributed by atoms with E-state index in [2.05, 4.69) is 40.7 Å². The number of nitrogens with zero attached hydrogens (tertiary/aromatic N) is 2. The number of methoxy groups -OCH3 is 1. The molecule has 0 radical (unpaired) electrons. The number of hydrogen-bond acceptors (Lipinski definition) is 3. The van der Waals surface area contributed by atoms with Gasteiger partial charge in [0, 0.05) is 33.6 Å². The molecular weight excluding hydrogens is 376 g/mol. The predicted molar refractivity (Wildman–Crippen MR) is 114 cm³/mol. The molecule has 1 heterocycles. The molecule has 3 aromatic rings. The molecule has 27 heavy (non-hydrogen) atoms. The Morgan fingerprint density at radius 2 is 1.93 bits per heavy atom. The first-order chi connectivity index (χ1) is 13.1. The van der Waals surface area contributed by atoms with Crippen molar-refractivity contribution in [2.24, 2.45) is 0 Å². The van der Waals surface area contributed by atoms with Gasteiger partial charge in [0.25, 0.3) is 0 Å². The highest BCUT2D eigenvalue weighted by atomic mass is 35.5. The van der Waals surface area contributed by atoms with Crippen LogP contribution in [0.2, 0.25) is 5.02 Å². The van der Waals surface area contributed by atoms with E-state index in [-0.39, 0.29) is 4.75 Å². The van der Waals surface area contributed by atoms with E-state index >= 15 is 0 Å². The zero-order valence-electron chi connectivity index (χ0n) is 15.8. The second-order valence-electron chi connectivity index (χ2n) is 6.92. The molecule has 5 heteroatoms. The standard InChI is InChI=1S/C22H25ClN2OS/c1-22(16-25-15-14-24-17-25,27-21-8-4-3-7-20(21)26-2)13-5-6-18-9-11-19(23)12-10-18/h3-4,7-12,14-15,17H,5-6,13,16H2,1-2H3. The summed E-state index contributed by atoms with van der Waals surface area (Å²) in [5, 5.41) is 0.787. The first-order valence-electron chi connectivity index (χ1n) is 9.10. The maximum atomic E-state index is 5.99. The molecule has 0 saturated heterocycles. The molecular formula is C22H25ClN2OS. The van der Waals surface area contributed by atoms with Crippen molar-refractivity contribution in [3.63, 3.8) is 0 Å². The van der Waals surface area contributed by atoms with Gasteiger partial charge in [-0.1, -0.05) is 35.9 Å². The second kappa shape index (κ2) is 9.34. The Morgan fingerprint density at radius 3 is 2.63 bits per heavy atom. The number of ether oxygens (including phenoxy) is 1. The van der Waals surface area contributed by atoms with Crippen LogP contribution in [0, 0.1) is 0 Å². The number of benzene rings is 2. The van der Waals surface area contributed by atoms with E-state index in [1.54, 1.807) is 7.11 Å². The lowest BCUT2D eigenvalue weighted by Gasteiger charge is -2.30. The molecule has 0 aliphatic heterocycles. The van der Waals surface area contributed by atoms with Crippen LogP contribution in [0.1, 0.15) is 25.3 Å². The van der Waals surface area contributed by atoms with E-state index in [0.717, 1.165) is 36.6 Å². The minimum Gasteiger partial charge on any atom is -0.496 e. The van der Waals surface area contributed by atoms with Gasteiger partial charge < -0.3 is 9.30 Å². The summed E-state index contributed by atoms with van der Waals surface area (Å²) in [6, 6.07) is 16.4. The number of thioether (sulfide) groups is 1. The van der Waals surface area contributed by atoms with Gasteiger partial charge in [0.1, 0.15) is 5.75 Å². The Labute approximate surface area is 170 Å². The molecule has 0 N–H and O–H groups in total. The summed E-state index contributed by atoms with van der Waals surface area (Å²) in [6.07, 6.45) is 8.98. The number of imidazole rings is 1. The van der Waals surface area contributed by atoms with Gasteiger partial charge in [-0.05, 0) is 56.0 Å². The van der Waals surface area contributed by atoms with Crippen molar-refractivity contribution in [3.8, 4) is 5.75 Å².